The number of nitrogens with one attached hydrogen (secondary N) is 1. The maximum Gasteiger partial charge on any atom is 0.203 e. The Labute approximate surface area is 125 Å². The van der Waals surface area contributed by atoms with Crippen LogP contribution in [0.4, 0.5) is 0 Å². The van der Waals surface area contributed by atoms with E-state index in [1.807, 2.05) is 12.1 Å². The molecule has 0 amide bonds. The van der Waals surface area contributed by atoms with E-state index >= 15 is 0 Å². The predicted molar refractivity (Wildman–Crippen MR) is 79.1 cm³/mol. The molecule has 1 aromatic rings. The Bertz CT molecular complexity index is 474. The third kappa shape index (κ3) is 3.41. The van der Waals surface area contributed by atoms with Gasteiger partial charge in [0.25, 0.3) is 0 Å². The van der Waals surface area contributed by atoms with Gasteiger partial charge in [0.05, 0.1) is 13.2 Å². The number of hydrogen-bond donors (Lipinski definition) is 2. The minimum absolute atomic E-state index is 0.161. The van der Waals surface area contributed by atoms with Crippen LogP contribution in [0.25, 0.3) is 0 Å². The Morgan fingerprint density at radius 3 is 2.95 bits per heavy atom. The lowest BCUT2D eigenvalue weighted by Crippen LogP contribution is -2.35. The van der Waals surface area contributed by atoms with E-state index in [1.54, 1.807) is 7.11 Å². The Morgan fingerprint density at radius 1 is 1.29 bits per heavy atom. The second-order valence-electron chi connectivity index (χ2n) is 5.72. The van der Waals surface area contributed by atoms with E-state index in [0.29, 0.717) is 30.8 Å². The van der Waals surface area contributed by atoms with E-state index in [1.165, 1.54) is 0 Å². The molecule has 3 rings (SSSR count). The molecule has 0 aromatic heterocycles. The molecule has 116 valence electrons. The maximum atomic E-state index is 9.72. The van der Waals surface area contributed by atoms with Gasteiger partial charge in [0, 0.05) is 12.6 Å². The lowest BCUT2D eigenvalue weighted by Gasteiger charge is -2.27. The average Bonchev–Trinajstić information content (AvgIpc) is 2.52. The molecule has 0 radical (unpaired) electrons. The number of fused-ring (bicyclic) bond motifs is 1. The first-order chi connectivity index (χ1) is 10.3. The van der Waals surface area contributed by atoms with Crippen LogP contribution in [0.2, 0.25) is 0 Å². The molecule has 0 saturated heterocycles. The Morgan fingerprint density at radius 2 is 2.14 bits per heavy atom. The number of aliphatic hydroxyl groups excluding tert-OH is 1. The molecule has 2 atom stereocenters. The highest BCUT2D eigenvalue weighted by molar-refractivity contribution is 5.54. The van der Waals surface area contributed by atoms with Crippen molar-refractivity contribution in [2.24, 2.45) is 0 Å². The van der Waals surface area contributed by atoms with Crippen LogP contribution in [0.1, 0.15) is 31.2 Å². The fourth-order valence-electron chi connectivity index (χ4n) is 3.04. The summed E-state index contributed by atoms with van der Waals surface area (Å²) in [6, 6.07) is 4.37. The summed E-state index contributed by atoms with van der Waals surface area (Å²) in [7, 11) is 1.64. The van der Waals surface area contributed by atoms with Gasteiger partial charge in [-0.3, -0.25) is 0 Å². The molecular weight excluding hydrogens is 270 g/mol. The van der Waals surface area contributed by atoms with Crippen molar-refractivity contribution in [3.63, 3.8) is 0 Å². The van der Waals surface area contributed by atoms with Crippen molar-refractivity contribution in [3.8, 4) is 17.2 Å². The molecule has 1 saturated carbocycles. The smallest absolute Gasteiger partial charge is 0.203 e. The lowest BCUT2D eigenvalue weighted by molar-refractivity contribution is 0.111. The van der Waals surface area contributed by atoms with Crippen molar-refractivity contribution in [2.75, 3.05) is 20.3 Å². The Hall–Kier alpha value is -1.46. The molecule has 5 heteroatoms. The van der Waals surface area contributed by atoms with Gasteiger partial charge in [-0.25, -0.2) is 0 Å². The fourth-order valence-corrected chi connectivity index (χ4v) is 3.04. The Kier molecular flexibility index (Phi) is 4.51. The normalized spacial score (nSPS) is 24.7. The first-order valence-electron chi connectivity index (χ1n) is 7.64. The minimum Gasteiger partial charge on any atom is -0.493 e. The first kappa shape index (κ1) is 14.5. The quantitative estimate of drug-likeness (QED) is 0.887. The summed E-state index contributed by atoms with van der Waals surface area (Å²) in [5.74, 6) is 2.16. The van der Waals surface area contributed by atoms with Gasteiger partial charge < -0.3 is 24.6 Å². The summed E-state index contributed by atoms with van der Waals surface area (Å²) in [4.78, 5) is 0. The molecule has 2 unspecified atom stereocenters. The predicted octanol–water partition coefficient (Wildman–Crippen LogP) is 1.86. The third-order valence-electron chi connectivity index (χ3n) is 4.13. The van der Waals surface area contributed by atoms with E-state index in [4.69, 9.17) is 14.2 Å². The zero-order valence-electron chi connectivity index (χ0n) is 12.4. The number of benzene rings is 1. The van der Waals surface area contributed by atoms with Gasteiger partial charge in [0.2, 0.25) is 5.75 Å². The van der Waals surface area contributed by atoms with Crippen LogP contribution >= 0.6 is 0 Å². The molecule has 1 fully saturated rings. The molecule has 1 aromatic carbocycles. The molecular formula is C16H23NO4. The van der Waals surface area contributed by atoms with Gasteiger partial charge in [-0.15, -0.1) is 0 Å². The molecule has 21 heavy (non-hydrogen) atoms. The van der Waals surface area contributed by atoms with Crippen molar-refractivity contribution in [1.82, 2.24) is 5.32 Å². The first-order valence-corrected chi connectivity index (χ1v) is 7.64. The van der Waals surface area contributed by atoms with E-state index < -0.39 is 0 Å². The minimum atomic E-state index is -0.161. The SMILES string of the molecule is COc1cc(CNC2CCCC(O)C2)cc2c1OCCO2. The topological polar surface area (TPSA) is 60.0 Å². The highest BCUT2D eigenvalue weighted by Gasteiger charge is 2.21. The second kappa shape index (κ2) is 6.54. The van der Waals surface area contributed by atoms with Crippen molar-refractivity contribution in [3.05, 3.63) is 17.7 Å². The van der Waals surface area contributed by atoms with Gasteiger partial charge in [-0.1, -0.05) is 0 Å². The zero-order valence-corrected chi connectivity index (χ0v) is 12.4. The molecule has 2 N–H and O–H groups in total. The number of rotatable bonds is 4. The van der Waals surface area contributed by atoms with Crippen LogP contribution in [0.15, 0.2) is 12.1 Å². The van der Waals surface area contributed by atoms with E-state index in [-0.39, 0.29) is 6.10 Å². The summed E-state index contributed by atoms with van der Waals surface area (Å²) in [6.07, 6.45) is 3.81. The van der Waals surface area contributed by atoms with Crippen LogP contribution in [-0.4, -0.2) is 37.6 Å². The highest BCUT2D eigenvalue weighted by atomic mass is 16.6. The fraction of sp³-hybridized carbons (Fsp3) is 0.625. The van der Waals surface area contributed by atoms with Crippen LogP contribution in [0, 0.1) is 0 Å². The second-order valence-corrected chi connectivity index (χ2v) is 5.72. The van der Waals surface area contributed by atoms with Gasteiger partial charge >= 0.3 is 0 Å². The summed E-state index contributed by atoms with van der Waals surface area (Å²) >= 11 is 0. The largest absolute Gasteiger partial charge is 0.493 e. The lowest BCUT2D eigenvalue weighted by atomic mass is 9.93. The zero-order chi connectivity index (χ0) is 14.7. The summed E-state index contributed by atoms with van der Waals surface area (Å²) in [6.45, 7) is 1.87. The van der Waals surface area contributed by atoms with Gasteiger partial charge in [0.15, 0.2) is 11.5 Å². The maximum absolute atomic E-state index is 9.72. The third-order valence-corrected chi connectivity index (χ3v) is 4.13. The highest BCUT2D eigenvalue weighted by Crippen LogP contribution is 2.40. The van der Waals surface area contributed by atoms with Crippen LogP contribution in [0.3, 0.4) is 0 Å². The van der Waals surface area contributed by atoms with Crippen LogP contribution in [-0.2, 0) is 6.54 Å². The van der Waals surface area contributed by atoms with Crippen LogP contribution in [0.5, 0.6) is 17.2 Å². The van der Waals surface area contributed by atoms with Crippen molar-refractivity contribution in [1.29, 1.82) is 0 Å². The number of methoxy groups -OCH3 is 1. The summed E-state index contributed by atoms with van der Waals surface area (Å²) in [5.41, 5.74) is 1.11. The van der Waals surface area contributed by atoms with E-state index in [2.05, 4.69) is 5.32 Å². The van der Waals surface area contributed by atoms with Crippen molar-refractivity contribution < 1.29 is 19.3 Å². The monoisotopic (exact) mass is 293 g/mol. The van der Waals surface area contributed by atoms with Gasteiger partial charge in [0.1, 0.15) is 13.2 Å². The van der Waals surface area contributed by atoms with E-state index in [9.17, 15) is 5.11 Å². The average molecular weight is 293 g/mol. The standard InChI is InChI=1S/C16H23NO4/c1-19-14-7-11(8-15-16(14)21-6-5-20-15)10-17-12-3-2-4-13(18)9-12/h7-8,12-13,17-18H,2-6,9-10H2,1H3. The molecule has 0 spiro atoms. The van der Waals surface area contributed by atoms with Crippen molar-refractivity contribution >= 4 is 0 Å². The van der Waals surface area contributed by atoms with Gasteiger partial charge in [-0.2, -0.15) is 0 Å². The molecule has 1 aliphatic carbocycles. The van der Waals surface area contributed by atoms with Crippen molar-refractivity contribution in [2.45, 2.75) is 44.4 Å². The number of aliphatic hydroxyl groups is 1. The molecule has 1 heterocycles. The molecule has 1 aliphatic heterocycles. The number of ether oxygens (including phenoxy) is 3. The summed E-state index contributed by atoms with van der Waals surface area (Å²) in [5, 5.41) is 13.2. The molecule has 5 nitrogen and oxygen atoms in total. The Balaban J connectivity index is 1.67. The molecule has 0 bridgehead atoms. The summed E-state index contributed by atoms with van der Waals surface area (Å²) < 4.78 is 16.6. The molecule has 2 aliphatic rings. The van der Waals surface area contributed by atoms with Gasteiger partial charge in [-0.05, 0) is 43.4 Å². The number of hydrogen-bond acceptors (Lipinski definition) is 5. The van der Waals surface area contributed by atoms with Crippen LogP contribution < -0.4 is 19.5 Å². The van der Waals surface area contributed by atoms with E-state index in [0.717, 1.165) is 43.5 Å².